The van der Waals surface area contributed by atoms with Gasteiger partial charge in [-0.2, -0.15) is 0 Å². The Hall–Kier alpha value is -3.72. The van der Waals surface area contributed by atoms with Gasteiger partial charge in [-0.25, -0.2) is 0 Å². The van der Waals surface area contributed by atoms with Gasteiger partial charge in [-0.15, -0.1) is 11.3 Å². The Labute approximate surface area is 170 Å². The third kappa shape index (κ3) is 3.94. The first-order valence-electron chi connectivity index (χ1n) is 8.46. The van der Waals surface area contributed by atoms with Gasteiger partial charge >= 0.3 is 5.69 Å². The van der Waals surface area contributed by atoms with Crippen LogP contribution in [0.2, 0.25) is 0 Å². The van der Waals surface area contributed by atoms with E-state index in [9.17, 15) is 19.7 Å². The smallest absolute Gasteiger partial charge is 0.311 e. The molecular formula is C20H17N3O5S. The molecule has 148 valence electrons. The first-order valence-corrected chi connectivity index (χ1v) is 9.27. The molecule has 8 nitrogen and oxygen atoms in total. The number of nitro groups is 1. The molecule has 0 saturated carbocycles. The first-order chi connectivity index (χ1) is 13.8. The average Bonchev–Trinajstić information content (AvgIpc) is 3.03. The second-order valence-corrected chi connectivity index (χ2v) is 7.29. The lowest BCUT2D eigenvalue weighted by atomic mass is 10.0. The Bertz CT molecular complexity index is 1110. The van der Waals surface area contributed by atoms with Crippen LogP contribution in [0.3, 0.4) is 0 Å². The predicted octanol–water partition coefficient (Wildman–Crippen LogP) is 3.99. The molecular weight excluding hydrogens is 394 g/mol. The minimum Gasteiger partial charge on any atom is -0.490 e. The van der Waals surface area contributed by atoms with Crippen molar-refractivity contribution in [1.82, 2.24) is 0 Å². The fourth-order valence-corrected chi connectivity index (χ4v) is 4.05. The molecule has 3 rings (SSSR count). The molecule has 0 unspecified atom stereocenters. The number of nitrogens with two attached hydrogens (primary N) is 1. The van der Waals surface area contributed by atoms with Crippen LogP contribution in [0.5, 0.6) is 5.75 Å². The zero-order valence-corrected chi connectivity index (χ0v) is 16.4. The second kappa shape index (κ2) is 8.11. The lowest BCUT2D eigenvalue weighted by molar-refractivity contribution is -0.385. The summed E-state index contributed by atoms with van der Waals surface area (Å²) in [6.45, 7) is 1.83. The van der Waals surface area contributed by atoms with Gasteiger partial charge in [0.2, 0.25) is 0 Å². The van der Waals surface area contributed by atoms with Crippen molar-refractivity contribution in [3.8, 4) is 16.9 Å². The Balaban J connectivity index is 2.01. The zero-order valence-electron chi connectivity index (χ0n) is 15.6. The maximum Gasteiger partial charge on any atom is 0.311 e. The molecule has 0 fully saturated rings. The van der Waals surface area contributed by atoms with Crippen LogP contribution in [0, 0.1) is 17.0 Å². The summed E-state index contributed by atoms with van der Waals surface area (Å²) in [6, 6.07) is 13.1. The van der Waals surface area contributed by atoms with E-state index < -0.39 is 16.7 Å². The monoisotopic (exact) mass is 411 g/mol. The van der Waals surface area contributed by atoms with E-state index in [2.05, 4.69) is 5.32 Å². The minimum atomic E-state index is -0.677. The predicted molar refractivity (Wildman–Crippen MR) is 111 cm³/mol. The fourth-order valence-electron chi connectivity index (χ4n) is 2.97. The van der Waals surface area contributed by atoms with Gasteiger partial charge in [0.1, 0.15) is 5.00 Å². The van der Waals surface area contributed by atoms with E-state index in [1.54, 1.807) is 0 Å². The molecule has 0 aliphatic carbocycles. The van der Waals surface area contributed by atoms with Crippen molar-refractivity contribution in [3.05, 3.63) is 74.6 Å². The topological polar surface area (TPSA) is 125 Å². The van der Waals surface area contributed by atoms with Crippen LogP contribution in [-0.4, -0.2) is 23.8 Å². The normalized spacial score (nSPS) is 10.4. The Morgan fingerprint density at radius 3 is 2.45 bits per heavy atom. The number of thiophene rings is 1. The van der Waals surface area contributed by atoms with Gasteiger partial charge in [0, 0.05) is 22.1 Å². The summed E-state index contributed by atoms with van der Waals surface area (Å²) in [5.41, 5.74) is 6.97. The Kier molecular flexibility index (Phi) is 5.60. The summed E-state index contributed by atoms with van der Waals surface area (Å²) in [6.07, 6.45) is 0. The molecule has 1 aromatic heterocycles. The molecule has 3 aromatic rings. The molecule has 2 aromatic carbocycles. The number of hydrogen-bond acceptors (Lipinski definition) is 6. The summed E-state index contributed by atoms with van der Waals surface area (Å²) in [5, 5.41) is 14.1. The van der Waals surface area contributed by atoms with E-state index in [1.165, 1.54) is 30.6 Å². The SMILES string of the molecule is COc1ccc(C(=O)Nc2sc(C)c(-c3ccccc3)c2C(N)=O)cc1[N+](=O)[O-]. The van der Waals surface area contributed by atoms with Crippen LogP contribution in [-0.2, 0) is 0 Å². The number of benzene rings is 2. The summed E-state index contributed by atoms with van der Waals surface area (Å²) in [4.78, 5) is 36.2. The number of methoxy groups -OCH3 is 1. The number of nitrogens with one attached hydrogen (secondary N) is 1. The highest BCUT2D eigenvalue weighted by Gasteiger charge is 2.24. The van der Waals surface area contributed by atoms with Gasteiger partial charge in [-0.05, 0) is 24.6 Å². The van der Waals surface area contributed by atoms with E-state index >= 15 is 0 Å². The fraction of sp³-hybridized carbons (Fsp3) is 0.100. The number of anilines is 1. The van der Waals surface area contributed by atoms with E-state index in [4.69, 9.17) is 10.5 Å². The van der Waals surface area contributed by atoms with Crippen molar-refractivity contribution in [2.24, 2.45) is 5.73 Å². The standard InChI is InChI=1S/C20H17N3O5S/c1-11-16(12-6-4-3-5-7-12)17(18(21)24)20(29-11)22-19(25)13-8-9-15(28-2)14(10-13)23(26)27/h3-10H,1-2H3,(H2,21,24)(H,22,25). The van der Waals surface area contributed by atoms with Crippen LogP contribution < -0.4 is 15.8 Å². The van der Waals surface area contributed by atoms with Gasteiger partial charge in [-0.1, -0.05) is 30.3 Å². The van der Waals surface area contributed by atoms with Crippen LogP contribution >= 0.6 is 11.3 Å². The van der Waals surface area contributed by atoms with Crippen LogP contribution in [0.4, 0.5) is 10.7 Å². The van der Waals surface area contributed by atoms with E-state index in [-0.39, 0.29) is 27.6 Å². The number of rotatable bonds is 6. The number of primary amides is 1. The number of carbonyl (C=O) groups excluding carboxylic acids is 2. The molecule has 0 radical (unpaired) electrons. The van der Waals surface area contributed by atoms with Crippen molar-refractivity contribution in [2.75, 3.05) is 12.4 Å². The van der Waals surface area contributed by atoms with Gasteiger partial charge in [0.15, 0.2) is 5.75 Å². The zero-order chi connectivity index (χ0) is 21.1. The summed E-state index contributed by atoms with van der Waals surface area (Å²) >= 11 is 1.21. The number of ether oxygens (including phenoxy) is 1. The molecule has 0 atom stereocenters. The van der Waals surface area contributed by atoms with Crippen LogP contribution in [0.15, 0.2) is 48.5 Å². The number of aryl methyl sites for hydroxylation is 1. The van der Waals surface area contributed by atoms with Crippen molar-refractivity contribution >= 4 is 33.8 Å². The molecule has 0 aliphatic heterocycles. The number of carbonyl (C=O) groups is 2. The third-order valence-corrected chi connectivity index (χ3v) is 5.28. The summed E-state index contributed by atoms with van der Waals surface area (Å²) < 4.78 is 4.95. The van der Waals surface area contributed by atoms with Crippen molar-refractivity contribution < 1.29 is 19.2 Å². The highest BCUT2D eigenvalue weighted by molar-refractivity contribution is 7.17. The molecule has 9 heteroatoms. The number of hydrogen-bond donors (Lipinski definition) is 2. The maximum absolute atomic E-state index is 12.7. The molecule has 1 heterocycles. The summed E-state index contributed by atoms with van der Waals surface area (Å²) in [7, 11) is 1.31. The van der Waals surface area contributed by atoms with Gasteiger partial charge in [0.05, 0.1) is 17.6 Å². The highest BCUT2D eigenvalue weighted by Crippen LogP contribution is 2.40. The lowest BCUT2D eigenvalue weighted by Crippen LogP contribution is -2.17. The third-order valence-electron chi connectivity index (χ3n) is 4.26. The quantitative estimate of drug-likeness (QED) is 0.469. The maximum atomic E-state index is 12.7. The van der Waals surface area contributed by atoms with Gasteiger partial charge in [0.25, 0.3) is 11.8 Å². The van der Waals surface area contributed by atoms with E-state index in [0.29, 0.717) is 5.56 Å². The van der Waals surface area contributed by atoms with Gasteiger partial charge in [-0.3, -0.25) is 19.7 Å². The average molecular weight is 411 g/mol. The molecule has 0 bridgehead atoms. The number of amides is 2. The largest absolute Gasteiger partial charge is 0.490 e. The Morgan fingerprint density at radius 1 is 1.17 bits per heavy atom. The first kappa shape index (κ1) is 20.0. The summed E-state index contributed by atoms with van der Waals surface area (Å²) in [5.74, 6) is -1.23. The molecule has 3 N–H and O–H groups in total. The number of nitro benzene ring substituents is 1. The van der Waals surface area contributed by atoms with E-state index in [1.807, 2.05) is 37.3 Å². The van der Waals surface area contributed by atoms with Crippen LogP contribution in [0.1, 0.15) is 25.6 Å². The van der Waals surface area contributed by atoms with Crippen LogP contribution in [0.25, 0.3) is 11.1 Å². The van der Waals surface area contributed by atoms with Crippen molar-refractivity contribution in [2.45, 2.75) is 6.92 Å². The molecule has 29 heavy (non-hydrogen) atoms. The molecule has 0 saturated heterocycles. The van der Waals surface area contributed by atoms with Crippen molar-refractivity contribution in [1.29, 1.82) is 0 Å². The minimum absolute atomic E-state index is 0.0442. The molecule has 2 amide bonds. The van der Waals surface area contributed by atoms with Gasteiger partial charge < -0.3 is 15.8 Å². The highest BCUT2D eigenvalue weighted by atomic mass is 32.1. The van der Waals surface area contributed by atoms with E-state index in [0.717, 1.165) is 16.5 Å². The number of nitrogens with zero attached hydrogens (tertiary/aromatic N) is 1. The lowest BCUT2D eigenvalue weighted by Gasteiger charge is -2.08. The second-order valence-electron chi connectivity index (χ2n) is 6.07. The van der Waals surface area contributed by atoms with Crippen molar-refractivity contribution in [3.63, 3.8) is 0 Å². The molecule has 0 spiro atoms. The molecule has 0 aliphatic rings. The Morgan fingerprint density at radius 2 is 1.86 bits per heavy atom.